The average Bonchev–Trinajstić information content (AvgIpc) is 2.30. The van der Waals surface area contributed by atoms with Gasteiger partial charge in [-0.05, 0) is 24.6 Å². The lowest BCUT2D eigenvalue weighted by Gasteiger charge is -2.00. The van der Waals surface area contributed by atoms with E-state index < -0.39 is 5.92 Å². The molecule has 0 amide bonds. The van der Waals surface area contributed by atoms with Crippen LogP contribution in [-0.2, 0) is 6.54 Å². The molecule has 0 aliphatic carbocycles. The molecule has 0 unspecified atom stereocenters. The summed E-state index contributed by atoms with van der Waals surface area (Å²) in [4.78, 5) is 4.19. The van der Waals surface area contributed by atoms with Crippen molar-refractivity contribution in [1.82, 2.24) is 0 Å². The van der Waals surface area contributed by atoms with Crippen molar-refractivity contribution in [1.29, 1.82) is 10.5 Å². The van der Waals surface area contributed by atoms with Crippen molar-refractivity contribution in [3.63, 3.8) is 0 Å². The maximum absolute atomic E-state index is 8.66. The van der Waals surface area contributed by atoms with E-state index in [2.05, 4.69) is 4.99 Å². The van der Waals surface area contributed by atoms with Crippen molar-refractivity contribution >= 4 is 17.3 Å². The lowest BCUT2D eigenvalue weighted by atomic mass is 10.1. The molecule has 0 N–H and O–H groups in total. The lowest BCUT2D eigenvalue weighted by molar-refractivity contribution is 1.02. The van der Waals surface area contributed by atoms with E-state index in [1.807, 2.05) is 24.3 Å². The molecule has 0 bridgehead atoms. The smallest absolute Gasteiger partial charge is 0.170 e. The van der Waals surface area contributed by atoms with Crippen molar-refractivity contribution in [2.45, 2.75) is 13.5 Å². The molecule has 4 heteroatoms. The van der Waals surface area contributed by atoms with E-state index in [-0.39, 0.29) is 0 Å². The summed E-state index contributed by atoms with van der Waals surface area (Å²) >= 11 is 5.75. The molecule has 1 rings (SSSR count). The van der Waals surface area contributed by atoms with Crippen LogP contribution in [0, 0.1) is 28.6 Å². The average molecular weight is 232 g/mol. The van der Waals surface area contributed by atoms with Crippen LogP contribution in [0.2, 0.25) is 5.02 Å². The summed E-state index contributed by atoms with van der Waals surface area (Å²) < 4.78 is 0. The standard InChI is InChI=1S/C12H10ClN3/c1-9(11(6-14)7-15)16-8-10-2-4-12(13)5-3-10/h2-5,11H,8H2,1H3. The SMILES string of the molecule is CC(=NCc1ccc(Cl)cc1)C(C#N)C#N. The van der Waals surface area contributed by atoms with Crippen LogP contribution in [0.15, 0.2) is 29.3 Å². The summed E-state index contributed by atoms with van der Waals surface area (Å²) in [6.45, 7) is 2.15. The second kappa shape index (κ2) is 5.90. The molecule has 0 heterocycles. The molecule has 0 saturated heterocycles. The Morgan fingerprint density at radius 2 is 1.88 bits per heavy atom. The predicted octanol–water partition coefficient (Wildman–Crippen LogP) is 2.96. The fourth-order valence-electron chi connectivity index (χ4n) is 1.11. The summed E-state index contributed by atoms with van der Waals surface area (Å²) in [6.07, 6.45) is 0. The van der Waals surface area contributed by atoms with Crippen LogP contribution in [0.3, 0.4) is 0 Å². The number of rotatable bonds is 3. The Morgan fingerprint density at radius 3 is 2.38 bits per heavy atom. The van der Waals surface area contributed by atoms with Gasteiger partial charge < -0.3 is 0 Å². The molecular weight excluding hydrogens is 222 g/mol. The monoisotopic (exact) mass is 231 g/mol. The Kier molecular flexibility index (Phi) is 4.51. The summed E-state index contributed by atoms with van der Waals surface area (Å²) in [7, 11) is 0. The van der Waals surface area contributed by atoms with Crippen LogP contribution in [0.4, 0.5) is 0 Å². The van der Waals surface area contributed by atoms with Crippen LogP contribution < -0.4 is 0 Å². The molecule has 0 aliphatic heterocycles. The third-order valence-electron chi connectivity index (χ3n) is 2.10. The summed E-state index contributed by atoms with van der Waals surface area (Å²) in [6, 6.07) is 11.1. The highest BCUT2D eigenvalue weighted by molar-refractivity contribution is 6.30. The normalized spacial score (nSPS) is 10.9. The molecule has 1 aromatic carbocycles. The van der Waals surface area contributed by atoms with Crippen molar-refractivity contribution in [3.05, 3.63) is 34.9 Å². The summed E-state index contributed by atoms with van der Waals surface area (Å²) in [5.41, 5.74) is 1.54. The topological polar surface area (TPSA) is 59.9 Å². The number of benzene rings is 1. The Morgan fingerprint density at radius 1 is 1.31 bits per heavy atom. The zero-order chi connectivity index (χ0) is 12.0. The van der Waals surface area contributed by atoms with Gasteiger partial charge in [-0.2, -0.15) is 10.5 Å². The highest BCUT2D eigenvalue weighted by Crippen LogP contribution is 2.10. The van der Waals surface area contributed by atoms with Crippen molar-refractivity contribution in [2.75, 3.05) is 0 Å². The van der Waals surface area contributed by atoms with Crippen LogP contribution in [0.25, 0.3) is 0 Å². The van der Waals surface area contributed by atoms with Crippen LogP contribution in [0.5, 0.6) is 0 Å². The van der Waals surface area contributed by atoms with Crippen molar-refractivity contribution < 1.29 is 0 Å². The van der Waals surface area contributed by atoms with Gasteiger partial charge in [0.15, 0.2) is 5.92 Å². The number of hydrogen-bond acceptors (Lipinski definition) is 3. The van der Waals surface area contributed by atoms with Gasteiger partial charge in [-0.15, -0.1) is 0 Å². The zero-order valence-electron chi connectivity index (χ0n) is 8.81. The first-order valence-electron chi connectivity index (χ1n) is 4.72. The highest BCUT2D eigenvalue weighted by atomic mass is 35.5. The van der Waals surface area contributed by atoms with E-state index >= 15 is 0 Å². The Bertz CT molecular complexity index is 449. The Hall–Kier alpha value is -1.84. The van der Waals surface area contributed by atoms with Gasteiger partial charge >= 0.3 is 0 Å². The molecule has 80 valence electrons. The molecule has 16 heavy (non-hydrogen) atoms. The molecule has 0 radical (unpaired) electrons. The third-order valence-corrected chi connectivity index (χ3v) is 2.35. The molecule has 0 atom stereocenters. The number of nitriles is 2. The minimum atomic E-state index is -0.757. The van der Waals surface area contributed by atoms with Gasteiger partial charge in [-0.3, -0.25) is 4.99 Å². The van der Waals surface area contributed by atoms with Gasteiger partial charge in [0.25, 0.3) is 0 Å². The molecule has 1 aromatic rings. The van der Waals surface area contributed by atoms with Gasteiger partial charge in [0.05, 0.1) is 18.7 Å². The minimum Gasteiger partial charge on any atom is -0.287 e. The van der Waals surface area contributed by atoms with E-state index in [0.29, 0.717) is 17.3 Å². The first kappa shape index (κ1) is 12.2. The van der Waals surface area contributed by atoms with E-state index in [4.69, 9.17) is 22.1 Å². The second-order valence-corrected chi connectivity index (χ2v) is 3.71. The van der Waals surface area contributed by atoms with Crippen molar-refractivity contribution in [2.24, 2.45) is 10.9 Å². The largest absolute Gasteiger partial charge is 0.287 e. The van der Waals surface area contributed by atoms with Crippen molar-refractivity contribution in [3.8, 4) is 12.1 Å². The summed E-state index contributed by atoms with van der Waals surface area (Å²) in [5, 5.41) is 18.0. The first-order valence-corrected chi connectivity index (χ1v) is 5.09. The van der Waals surface area contributed by atoms with Gasteiger partial charge in [0, 0.05) is 10.7 Å². The van der Waals surface area contributed by atoms with Gasteiger partial charge in [0.1, 0.15) is 0 Å². The molecule has 3 nitrogen and oxygen atoms in total. The molecular formula is C12H10ClN3. The number of aliphatic imine (C=N–C) groups is 1. The van der Waals surface area contributed by atoms with Crippen LogP contribution in [-0.4, -0.2) is 5.71 Å². The number of halogens is 1. The van der Waals surface area contributed by atoms with E-state index in [1.54, 1.807) is 19.1 Å². The quantitative estimate of drug-likeness (QED) is 0.751. The van der Waals surface area contributed by atoms with Crippen LogP contribution >= 0.6 is 11.6 Å². The van der Waals surface area contributed by atoms with E-state index in [9.17, 15) is 0 Å². The van der Waals surface area contributed by atoms with Gasteiger partial charge in [-0.25, -0.2) is 0 Å². The molecule has 0 spiro atoms. The lowest BCUT2D eigenvalue weighted by Crippen LogP contribution is -2.06. The maximum atomic E-state index is 8.66. The van der Waals surface area contributed by atoms with Crippen LogP contribution in [0.1, 0.15) is 12.5 Å². The van der Waals surface area contributed by atoms with Gasteiger partial charge in [-0.1, -0.05) is 23.7 Å². The fraction of sp³-hybridized carbons (Fsp3) is 0.250. The molecule has 0 fully saturated rings. The molecule has 0 aromatic heterocycles. The zero-order valence-corrected chi connectivity index (χ0v) is 9.57. The Balaban J connectivity index is 2.70. The molecule has 0 aliphatic rings. The fourth-order valence-corrected chi connectivity index (χ4v) is 1.24. The van der Waals surface area contributed by atoms with E-state index in [1.165, 1.54) is 0 Å². The number of nitrogens with zero attached hydrogens (tertiary/aromatic N) is 3. The summed E-state index contributed by atoms with van der Waals surface area (Å²) in [5.74, 6) is -0.757. The Labute approximate surface area is 99.6 Å². The predicted molar refractivity (Wildman–Crippen MR) is 63.0 cm³/mol. The molecule has 0 saturated carbocycles. The highest BCUT2D eigenvalue weighted by Gasteiger charge is 2.08. The first-order chi connectivity index (χ1) is 7.67. The third kappa shape index (κ3) is 3.38. The number of hydrogen-bond donors (Lipinski definition) is 0. The van der Waals surface area contributed by atoms with E-state index in [0.717, 1.165) is 5.56 Å². The second-order valence-electron chi connectivity index (χ2n) is 3.28. The minimum absolute atomic E-state index is 0.461. The van der Waals surface area contributed by atoms with Gasteiger partial charge in [0.2, 0.25) is 0 Å². The maximum Gasteiger partial charge on any atom is 0.170 e.